The zero-order valence-corrected chi connectivity index (χ0v) is 11.6. The van der Waals surface area contributed by atoms with Gasteiger partial charge in [-0.1, -0.05) is 28.1 Å². The van der Waals surface area contributed by atoms with Gasteiger partial charge in [-0.3, -0.25) is 0 Å². The Kier molecular flexibility index (Phi) is 3.23. The molecule has 0 amide bonds. The fourth-order valence-corrected chi connectivity index (χ4v) is 3.45. The van der Waals surface area contributed by atoms with Gasteiger partial charge in [-0.2, -0.15) is 5.26 Å². The Morgan fingerprint density at radius 3 is 2.94 bits per heavy atom. The molecule has 2 unspecified atom stereocenters. The standard InChI is InChI=1S/C15H14BrNO/c16-14-8-13(15-3-1-2-6-18-15)11-5-4-10(9-17)7-12(11)14/h4-5,7-8,13,15H,1-3,6H2. The fourth-order valence-electron chi connectivity index (χ4n) is 2.82. The molecule has 92 valence electrons. The molecule has 1 fully saturated rings. The molecule has 2 aliphatic rings. The summed E-state index contributed by atoms with van der Waals surface area (Å²) >= 11 is 3.60. The Morgan fingerprint density at radius 1 is 1.33 bits per heavy atom. The number of halogens is 1. The van der Waals surface area contributed by atoms with Crippen molar-refractivity contribution in [3.05, 3.63) is 41.0 Å². The van der Waals surface area contributed by atoms with Crippen LogP contribution in [0.5, 0.6) is 0 Å². The van der Waals surface area contributed by atoms with Gasteiger partial charge in [0.15, 0.2) is 0 Å². The fraction of sp³-hybridized carbons (Fsp3) is 0.400. The maximum Gasteiger partial charge on any atom is 0.0991 e. The lowest BCUT2D eigenvalue weighted by atomic mass is 9.90. The Morgan fingerprint density at radius 2 is 2.22 bits per heavy atom. The average molecular weight is 304 g/mol. The lowest BCUT2D eigenvalue weighted by molar-refractivity contribution is 0.00820. The lowest BCUT2D eigenvalue weighted by Crippen LogP contribution is -2.24. The van der Waals surface area contributed by atoms with E-state index < -0.39 is 0 Å². The van der Waals surface area contributed by atoms with Crippen LogP contribution in [0.25, 0.3) is 4.48 Å². The molecule has 0 radical (unpaired) electrons. The van der Waals surface area contributed by atoms with E-state index in [0.717, 1.165) is 23.1 Å². The number of hydrogen-bond acceptors (Lipinski definition) is 2. The van der Waals surface area contributed by atoms with Crippen molar-refractivity contribution in [2.24, 2.45) is 0 Å². The highest BCUT2D eigenvalue weighted by molar-refractivity contribution is 9.15. The zero-order chi connectivity index (χ0) is 12.5. The largest absolute Gasteiger partial charge is 0.377 e. The number of benzene rings is 1. The Hall–Kier alpha value is -1.11. The third-order valence-corrected chi connectivity index (χ3v) is 4.43. The second-order valence-corrected chi connectivity index (χ2v) is 5.71. The van der Waals surface area contributed by atoms with E-state index >= 15 is 0 Å². The van der Waals surface area contributed by atoms with Crippen molar-refractivity contribution in [3.8, 4) is 6.07 Å². The van der Waals surface area contributed by atoms with Crippen molar-refractivity contribution in [2.45, 2.75) is 31.3 Å². The van der Waals surface area contributed by atoms with Crippen molar-refractivity contribution >= 4 is 20.4 Å². The van der Waals surface area contributed by atoms with E-state index in [1.54, 1.807) is 0 Å². The lowest BCUT2D eigenvalue weighted by Gasteiger charge is -2.27. The molecule has 1 heterocycles. The quantitative estimate of drug-likeness (QED) is 0.786. The summed E-state index contributed by atoms with van der Waals surface area (Å²) in [5.41, 5.74) is 3.14. The smallest absolute Gasteiger partial charge is 0.0991 e. The number of fused-ring (bicyclic) bond motifs is 1. The van der Waals surface area contributed by atoms with Gasteiger partial charge in [-0.15, -0.1) is 0 Å². The summed E-state index contributed by atoms with van der Waals surface area (Å²) < 4.78 is 6.98. The van der Waals surface area contributed by atoms with Crippen LogP contribution in [0.3, 0.4) is 0 Å². The van der Waals surface area contributed by atoms with Gasteiger partial charge >= 0.3 is 0 Å². The van der Waals surface area contributed by atoms with Crippen molar-refractivity contribution in [1.29, 1.82) is 5.26 Å². The van der Waals surface area contributed by atoms with Gasteiger partial charge in [0.1, 0.15) is 0 Å². The van der Waals surface area contributed by atoms with Crippen molar-refractivity contribution in [2.75, 3.05) is 6.61 Å². The molecule has 0 saturated carbocycles. The average Bonchev–Trinajstić information content (AvgIpc) is 2.77. The molecule has 1 aromatic rings. The van der Waals surface area contributed by atoms with Crippen LogP contribution in [0.4, 0.5) is 0 Å². The highest BCUT2D eigenvalue weighted by Gasteiger charge is 2.30. The highest BCUT2D eigenvalue weighted by atomic mass is 79.9. The molecule has 0 N–H and O–H groups in total. The van der Waals surface area contributed by atoms with Gasteiger partial charge in [0.25, 0.3) is 0 Å². The summed E-state index contributed by atoms with van der Waals surface area (Å²) in [4.78, 5) is 0. The van der Waals surface area contributed by atoms with Crippen LogP contribution in [0.15, 0.2) is 24.3 Å². The molecule has 2 atom stereocenters. The third-order valence-electron chi connectivity index (χ3n) is 3.74. The van der Waals surface area contributed by atoms with Crippen molar-refractivity contribution in [1.82, 2.24) is 0 Å². The van der Waals surface area contributed by atoms with Crippen LogP contribution in [0.2, 0.25) is 0 Å². The summed E-state index contributed by atoms with van der Waals surface area (Å²) in [7, 11) is 0. The van der Waals surface area contributed by atoms with E-state index in [0.29, 0.717) is 17.6 Å². The predicted octanol–water partition coefficient (Wildman–Crippen LogP) is 3.96. The van der Waals surface area contributed by atoms with E-state index in [9.17, 15) is 0 Å². The second kappa shape index (κ2) is 4.87. The van der Waals surface area contributed by atoms with E-state index in [1.807, 2.05) is 12.1 Å². The summed E-state index contributed by atoms with van der Waals surface area (Å²) in [6, 6.07) is 8.12. The number of hydrogen-bond donors (Lipinski definition) is 0. The summed E-state index contributed by atoms with van der Waals surface area (Å²) in [6.45, 7) is 0.873. The molecule has 0 spiro atoms. The molecular formula is C15H14BrNO. The monoisotopic (exact) mass is 303 g/mol. The maximum atomic E-state index is 8.96. The molecule has 1 aliphatic carbocycles. The highest BCUT2D eigenvalue weighted by Crippen LogP contribution is 2.43. The van der Waals surface area contributed by atoms with Gasteiger partial charge in [-0.05, 0) is 42.5 Å². The van der Waals surface area contributed by atoms with Gasteiger partial charge in [-0.25, -0.2) is 0 Å². The molecular weight excluding hydrogens is 290 g/mol. The molecule has 1 saturated heterocycles. The van der Waals surface area contributed by atoms with Crippen LogP contribution < -0.4 is 0 Å². The first-order valence-corrected chi connectivity index (χ1v) is 7.12. The van der Waals surface area contributed by atoms with Gasteiger partial charge in [0.05, 0.1) is 17.7 Å². The molecule has 0 aromatic heterocycles. The normalized spacial score (nSPS) is 26.3. The first-order valence-electron chi connectivity index (χ1n) is 6.33. The van der Waals surface area contributed by atoms with Crippen LogP contribution in [0.1, 0.15) is 41.9 Å². The number of ether oxygens (including phenoxy) is 1. The number of rotatable bonds is 1. The summed E-state index contributed by atoms with van der Waals surface area (Å²) in [5, 5.41) is 8.96. The Balaban J connectivity index is 1.95. The molecule has 18 heavy (non-hydrogen) atoms. The van der Waals surface area contributed by atoms with Crippen LogP contribution >= 0.6 is 15.9 Å². The van der Waals surface area contributed by atoms with E-state index in [4.69, 9.17) is 10.00 Å². The van der Waals surface area contributed by atoms with Gasteiger partial charge < -0.3 is 4.74 Å². The second-order valence-electron chi connectivity index (χ2n) is 4.86. The molecule has 3 rings (SSSR count). The van der Waals surface area contributed by atoms with Crippen LogP contribution in [0, 0.1) is 11.3 Å². The van der Waals surface area contributed by atoms with Gasteiger partial charge in [0, 0.05) is 17.0 Å². The third kappa shape index (κ3) is 2.00. The minimum atomic E-state index is 0.292. The predicted molar refractivity (Wildman–Crippen MR) is 74.4 cm³/mol. The maximum absolute atomic E-state index is 8.96. The Labute approximate surface area is 115 Å². The summed E-state index contributed by atoms with van der Waals surface area (Å²) in [6.07, 6.45) is 6.07. The SMILES string of the molecule is N#Cc1ccc2c(c1)C(Br)=CC2C1CCCCO1. The molecule has 1 aliphatic heterocycles. The molecule has 1 aromatic carbocycles. The minimum Gasteiger partial charge on any atom is -0.377 e. The molecule has 2 nitrogen and oxygen atoms in total. The van der Waals surface area contributed by atoms with Crippen molar-refractivity contribution < 1.29 is 4.74 Å². The minimum absolute atomic E-state index is 0.292. The zero-order valence-electron chi connectivity index (χ0n) is 10.0. The van der Waals surface area contributed by atoms with Gasteiger partial charge in [0.2, 0.25) is 0 Å². The van der Waals surface area contributed by atoms with E-state index in [-0.39, 0.29) is 0 Å². The Bertz CT molecular complexity index is 538. The topological polar surface area (TPSA) is 33.0 Å². The summed E-state index contributed by atoms with van der Waals surface area (Å²) in [5.74, 6) is 0.336. The first kappa shape index (κ1) is 12.0. The van der Waals surface area contributed by atoms with Crippen LogP contribution in [-0.4, -0.2) is 12.7 Å². The van der Waals surface area contributed by atoms with Crippen molar-refractivity contribution in [3.63, 3.8) is 0 Å². The first-order chi connectivity index (χ1) is 8.79. The van der Waals surface area contributed by atoms with Crippen LogP contribution in [-0.2, 0) is 4.74 Å². The number of nitrogens with zero attached hydrogens (tertiary/aromatic N) is 1. The molecule has 3 heteroatoms. The van der Waals surface area contributed by atoms with E-state index in [1.165, 1.54) is 18.4 Å². The number of nitriles is 1. The van der Waals surface area contributed by atoms with E-state index in [2.05, 4.69) is 34.1 Å². The molecule has 0 bridgehead atoms.